The second kappa shape index (κ2) is 15.9. The predicted molar refractivity (Wildman–Crippen MR) is 140 cm³/mol. The minimum Gasteiger partial charge on any atom is -0.481 e. The summed E-state index contributed by atoms with van der Waals surface area (Å²) in [6.45, 7) is -0.410. The molecule has 212 valence electrons. The Morgan fingerprint density at radius 3 is 2.05 bits per heavy atom. The number of hydrogen-bond acceptors (Lipinski definition) is 5. The van der Waals surface area contributed by atoms with E-state index in [4.69, 9.17) is 10.2 Å². The topological polar surface area (TPSA) is 182 Å². The number of urea groups is 1. The fourth-order valence-electron chi connectivity index (χ4n) is 4.08. The monoisotopic (exact) mass is 546 g/mol. The van der Waals surface area contributed by atoms with Crippen molar-refractivity contribution in [2.75, 3.05) is 13.2 Å². The number of fused-ring (bicyclic) bond motifs is 1. The molecule has 6 N–H and O–H groups in total. The molecule has 2 aromatic rings. The molecule has 3 atom stereocenters. The van der Waals surface area contributed by atoms with Crippen molar-refractivity contribution >= 4 is 40.6 Å². The molecule has 39 heavy (non-hydrogen) atoms. The quantitative estimate of drug-likeness (QED) is 0.164. The number of carbonyl (C=O) groups excluding carboxylic acids is 2. The number of hydrogen-bond donors (Lipinski definition) is 6. The van der Waals surface area contributed by atoms with Gasteiger partial charge in [0.15, 0.2) is 0 Å². The van der Waals surface area contributed by atoms with Gasteiger partial charge in [-0.15, -0.1) is 0 Å². The summed E-state index contributed by atoms with van der Waals surface area (Å²) < 4.78 is 13.1. The average molecular weight is 547 g/mol. The third-order valence-electron chi connectivity index (χ3n) is 6.20. The summed E-state index contributed by atoms with van der Waals surface area (Å²) in [5.74, 6) is -4.86. The van der Waals surface area contributed by atoms with E-state index < -0.39 is 55.0 Å². The second-order valence-electron chi connectivity index (χ2n) is 9.18. The van der Waals surface area contributed by atoms with Crippen LogP contribution in [0.5, 0.6) is 0 Å². The van der Waals surface area contributed by atoms with Crippen LogP contribution in [0.15, 0.2) is 42.5 Å². The number of alkyl halides is 1. The van der Waals surface area contributed by atoms with Gasteiger partial charge in [0.2, 0.25) is 5.91 Å². The molecule has 0 radical (unpaired) electrons. The van der Waals surface area contributed by atoms with Crippen molar-refractivity contribution in [3.8, 4) is 0 Å². The zero-order valence-corrected chi connectivity index (χ0v) is 21.4. The summed E-state index contributed by atoms with van der Waals surface area (Å²) in [6, 6.07) is 9.81. The molecule has 0 aliphatic heterocycles. The summed E-state index contributed by atoms with van der Waals surface area (Å²) in [4.78, 5) is 58.1. The summed E-state index contributed by atoms with van der Waals surface area (Å²) >= 11 is 0. The molecule has 3 unspecified atom stereocenters. The van der Waals surface area contributed by atoms with E-state index in [1.807, 2.05) is 42.5 Å². The lowest BCUT2D eigenvalue weighted by molar-refractivity contribution is -0.140. The first-order valence-corrected chi connectivity index (χ1v) is 12.7. The van der Waals surface area contributed by atoms with Gasteiger partial charge in [0, 0.05) is 18.9 Å². The van der Waals surface area contributed by atoms with Gasteiger partial charge in [-0.25, -0.2) is 14.4 Å². The Kier molecular flexibility index (Phi) is 12.6. The van der Waals surface area contributed by atoms with Crippen molar-refractivity contribution in [1.82, 2.24) is 16.0 Å². The number of benzene rings is 2. The maximum Gasteiger partial charge on any atom is 0.326 e. The van der Waals surface area contributed by atoms with Crippen LogP contribution in [-0.4, -0.2) is 70.5 Å². The maximum absolute atomic E-state index is 13.1. The molecular weight excluding hydrogens is 512 g/mol. The number of amides is 3. The Bertz CT molecular complexity index is 1160. The molecule has 11 nitrogen and oxygen atoms in total. The van der Waals surface area contributed by atoms with Gasteiger partial charge in [-0.05, 0) is 54.9 Å². The lowest BCUT2D eigenvalue weighted by Gasteiger charge is -2.18. The molecule has 0 aromatic heterocycles. The van der Waals surface area contributed by atoms with Crippen molar-refractivity contribution in [3.05, 3.63) is 48.0 Å². The number of rotatable bonds is 17. The van der Waals surface area contributed by atoms with E-state index in [1.54, 1.807) is 0 Å². The van der Waals surface area contributed by atoms with Crippen molar-refractivity contribution in [2.45, 2.75) is 57.0 Å². The van der Waals surface area contributed by atoms with Gasteiger partial charge < -0.3 is 31.3 Å². The molecule has 3 amide bonds. The van der Waals surface area contributed by atoms with Crippen LogP contribution in [0, 0.1) is 5.92 Å². The summed E-state index contributed by atoms with van der Waals surface area (Å²) in [6.07, 6.45) is 0.327. The van der Waals surface area contributed by atoms with E-state index in [0.29, 0.717) is 19.3 Å². The third-order valence-corrected chi connectivity index (χ3v) is 6.20. The molecule has 0 heterocycles. The zero-order valence-electron chi connectivity index (χ0n) is 21.4. The van der Waals surface area contributed by atoms with Crippen LogP contribution in [0.25, 0.3) is 10.8 Å². The van der Waals surface area contributed by atoms with Crippen molar-refractivity contribution in [2.24, 2.45) is 5.92 Å². The molecule has 0 aliphatic carbocycles. The SMILES string of the molecule is O=C(O)CCC(NC(=O)NC(CCCCNC(=O)C(CC[18F])Cc1ccc2ccccc2c1)C(=O)O)C(=O)O. The van der Waals surface area contributed by atoms with Gasteiger partial charge in [0.1, 0.15) is 12.1 Å². The molecule has 0 fully saturated rings. The number of aliphatic carboxylic acids is 3. The molecule has 2 aromatic carbocycles. The van der Waals surface area contributed by atoms with E-state index >= 15 is 0 Å². The smallest absolute Gasteiger partial charge is 0.326 e. The highest BCUT2D eigenvalue weighted by molar-refractivity contribution is 5.86. The Labute approximate surface area is 224 Å². The maximum atomic E-state index is 13.1. The van der Waals surface area contributed by atoms with Crippen molar-refractivity contribution in [1.29, 1.82) is 0 Å². The summed E-state index contributed by atoms with van der Waals surface area (Å²) in [5.41, 5.74) is 0.920. The highest BCUT2D eigenvalue weighted by Gasteiger charge is 2.25. The van der Waals surface area contributed by atoms with Gasteiger partial charge >= 0.3 is 23.9 Å². The molecule has 0 aliphatic rings. The van der Waals surface area contributed by atoms with Crippen LogP contribution in [-0.2, 0) is 25.6 Å². The van der Waals surface area contributed by atoms with E-state index in [9.17, 15) is 33.5 Å². The molecule has 0 bridgehead atoms. The van der Waals surface area contributed by atoms with Gasteiger partial charge in [-0.2, -0.15) is 0 Å². The van der Waals surface area contributed by atoms with Crippen molar-refractivity contribution in [3.63, 3.8) is 0 Å². The standard InChI is InChI=1S/C27H34FN3O8/c28-13-12-20(16-17-8-9-18-5-1-2-6-19(18)15-17)24(34)29-14-4-3-7-21(25(35)36)30-27(39)31-22(26(37)38)10-11-23(32)33/h1-2,5-6,8-9,15,20-22H,3-4,7,10-14,16H2,(H,29,34)(H,32,33)(H,35,36)(H,37,38)(H2,30,31,39)/i28-1. The van der Waals surface area contributed by atoms with Crippen LogP contribution >= 0.6 is 0 Å². The lowest BCUT2D eigenvalue weighted by atomic mass is 9.94. The van der Waals surface area contributed by atoms with E-state index in [1.165, 1.54) is 0 Å². The molecule has 2 rings (SSSR count). The first kappa shape index (κ1) is 31.0. The van der Waals surface area contributed by atoms with E-state index in [-0.39, 0.29) is 31.7 Å². The first-order valence-electron chi connectivity index (χ1n) is 12.7. The lowest BCUT2D eigenvalue weighted by Crippen LogP contribution is -2.51. The number of halogens is 1. The number of unbranched alkanes of at least 4 members (excludes halogenated alkanes) is 1. The molecule has 12 heteroatoms. The van der Waals surface area contributed by atoms with E-state index in [2.05, 4.69) is 16.0 Å². The Morgan fingerprint density at radius 2 is 1.44 bits per heavy atom. The van der Waals surface area contributed by atoms with Crippen molar-refractivity contribution < 1.29 is 43.7 Å². The van der Waals surface area contributed by atoms with Crippen LogP contribution in [0.1, 0.15) is 44.1 Å². The van der Waals surface area contributed by atoms with Gasteiger partial charge in [0.25, 0.3) is 0 Å². The Hall–Kier alpha value is -4.22. The highest BCUT2D eigenvalue weighted by Crippen LogP contribution is 2.19. The van der Waals surface area contributed by atoms with E-state index in [0.717, 1.165) is 16.3 Å². The molecular formula is C27H34FN3O8. The van der Waals surface area contributed by atoms with Gasteiger partial charge in [0.05, 0.1) is 6.67 Å². The Balaban J connectivity index is 1.80. The number of nitrogens with one attached hydrogen (secondary N) is 3. The average Bonchev–Trinajstić information content (AvgIpc) is 2.89. The third kappa shape index (κ3) is 11.0. The second-order valence-corrected chi connectivity index (χ2v) is 9.18. The summed E-state index contributed by atoms with van der Waals surface area (Å²) in [7, 11) is 0. The van der Waals surface area contributed by atoms with Crippen LogP contribution in [0.4, 0.5) is 9.18 Å². The molecule has 0 saturated heterocycles. The number of carbonyl (C=O) groups is 5. The minimum absolute atomic E-state index is 0.0104. The fraction of sp³-hybridized carbons (Fsp3) is 0.444. The normalized spacial score (nSPS) is 13.2. The van der Waals surface area contributed by atoms with Gasteiger partial charge in [-0.1, -0.05) is 42.5 Å². The van der Waals surface area contributed by atoms with Gasteiger partial charge in [-0.3, -0.25) is 14.0 Å². The predicted octanol–water partition coefficient (Wildman–Crippen LogP) is 2.71. The highest BCUT2D eigenvalue weighted by atomic mass is 18.2. The largest absolute Gasteiger partial charge is 0.481 e. The van der Waals surface area contributed by atoms with Crippen LogP contribution < -0.4 is 16.0 Å². The molecule has 0 saturated carbocycles. The minimum atomic E-state index is -1.49. The molecule has 0 spiro atoms. The van der Waals surface area contributed by atoms with Crippen LogP contribution in [0.3, 0.4) is 0 Å². The number of carboxylic acids is 3. The Morgan fingerprint density at radius 1 is 0.795 bits per heavy atom. The summed E-state index contributed by atoms with van der Waals surface area (Å²) in [5, 5.41) is 36.3. The first-order chi connectivity index (χ1) is 18.6. The fourth-order valence-corrected chi connectivity index (χ4v) is 4.08. The number of carboxylic acid groups (broad SMARTS) is 3. The van der Waals surface area contributed by atoms with Crippen LogP contribution in [0.2, 0.25) is 0 Å². The zero-order chi connectivity index (χ0) is 28.8.